The second kappa shape index (κ2) is 9.65. The number of nitrogens with one attached hydrogen (secondary N) is 1. The van der Waals surface area contributed by atoms with Gasteiger partial charge in [0.2, 0.25) is 5.91 Å². The minimum absolute atomic E-state index is 0.00574. The van der Waals surface area contributed by atoms with Crippen LogP contribution in [0.3, 0.4) is 0 Å². The Hall–Kier alpha value is -3.34. The Balaban J connectivity index is 1.46. The van der Waals surface area contributed by atoms with Gasteiger partial charge in [0.1, 0.15) is 5.76 Å². The maximum atomic E-state index is 13.2. The predicted molar refractivity (Wildman–Crippen MR) is 120 cm³/mol. The van der Waals surface area contributed by atoms with Crippen molar-refractivity contribution in [3.8, 4) is 0 Å². The van der Waals surface area contributed by atoms with Gasteiger partial charge in [-0.3, -0.25) is 9.59 Å². The molecule has 1 fully saturated rings. The topological polar surface area (TPSA) is 62.6 Å². The van der Waals surface area contributed by atoms with Crippen LogP contribution in [-0.4, -0.2) is 29.8 Å². The quantitative estimate of drug-likeness (QED) is 0.642. The molecule has 0 unspecified atom stereocenters. The molecule has 1 aliphatic rings. The molecule has 2 heterocycles. The number of benzene rings is 2. The van der Waals surface area contributed by atoms with E-state index in [1.165, 1.54) is 11.8 Å². The van der Waals surface area contributed by atoms with Crippen molar-refractivity contribution in [3.63, 3.8) is 0 Å². The summed E-state index contributed by atoms with van der Waals surface area (Å²) in [5, 5.41) is 3.26. The van der Waals surface area contributed by atoms with E-state index in [0.29, 0.717) is 24.4 Å². The smallest absolute Gasteiger partial charge is 0.257 e. The van der Waals surface area contributed by atoms with E-state index in [9.17, 15) is 9.59 Å². The number of piperidine rings is 1. The fourth-order valence-electron chi connectivity index (χ4n) is 4.23. The average Bonchev–Trinajstić information content (AvgIpc) is 3.25. The summed E-state index contributed by atoms with van der Waals surface area (Å²) in [4.78, 5) is 27.9. The van der Waals surface area contributed by atoms with E-state index in [1.807, 2.05) is 48.5 Å². The second-order valence-electron chi connectivity index (χ2n) is 8.14. The number of hydrogen-bond acceptors (Lipinski definition) is 3. The SMILES string of the molecule is Cc1occc1C(=O)N1CCC[C@@H](C(=O)N[C@H](Cc2ccccc2)c2ccccc2)C1. The summed E-state index contributed by atoms with van der Waals surface area (Å²) in [6, 6.07) is 21.8. The van der Waals surface area contributed by atoms with Gasteiger partial charge >= 0.3 is 0 Å². The lowest BCUT2D eigenvalue weighted by molar-refractivity contribution is -0.127. The molecule has 2 atom stereocenters. The Morgan fingerprint density at radius 2 is 1.77 bits per heavy atom. The van der Waals surface area contributed by atoms with E-state index < -0.39 is 0 Å². The number of amides is 2. The van der Waals surface area contributed by atoms with Crippen LogP contribution in [0.1, 0.15) is 46.1 Å². The van der Waals surface area contributed by atoms with Crippen molar-refractivity contribution in [2.45, 2.75) is 32.2 Å². The largest absolute Gasteiger partial charge is 0.469 e. The summed E-state index contributed by atoms with van der Waals surface area (Å²) < 4.78 is 5.28. The van der Waals surface area contributed by atoms with Crippen LogP contribution in [0.2, 0.25) is 0 Å². The van der Waals surface area contributed by atoms with Gasteiger partial charge in [-0.05, 0) is 43.4 Å². The highest BCUT2D eigenvalue weighted by Crippen LogP contribution is 2.23. The molecule has 5 nitrogen and oxygen atoms in total. The first-order valence-electron chi connectivity index (χ1n) is 10.8. The van der Waals surface area contributed by atoms with Crippen molar-refractivity contribution in [3.05, 3.63) is 95.4 Å². The molecule has 1 aromatic heterocycles. The van der Waals surface area contributed by atoms with Crippen LogP contribution in [-0.2, 0) is 11.2 Å². The number of carbonyl (C=O) groups is 2. The summed E-state index contributed by atoms with van der Waals surface area (Å²) in [5.41, 5.74) is 2.83. The number of aryl methyl sites for hydroxylation is 1. The van der Waals surface area contributed by atoms with Gasteiger partial charge in [-0.1, -0.05) is 60.7 Å². The van der Waals surface area contributed by atoms with Gasteiger partial charge in [0.25, 0.3) is 5.91 Å². The zero-order valence-electron chi connectivity index (χ0n) is 17.8. The van der Waals surface area contributed by atoms with E-state index in [-0.39, 0.29) is 23.8 Å². The number of nitrogens with zero attached hydrogens (tertiary/aromatic N) is 1. The van der Waals surface area contributed by atoms with E-state index in [0.717, 1.165) is 24.8 Å². The maximum Gasteiger partial charge on any atom is 0.257 e. The monoisotopic (exact) mass is 416 g/mol. The molecule has 0 radical (unpaired) electrons. The number of furan rings is 1. The molecule has 2 aromatic carbocycles. The first-order chi connectivity index (χ1) is 15.1. The first-order valence-corrected chi connectivity index (χ1v) is 10.8. The van der Waals surface area contributed by atoms with Crippen molar-refractivity contribution >= 4 is 11.8 Å². The van der Waals surface area contributed by atoms with Gasteiger partial charge < -0.3 is 14.6 Å². The van der Waals surface area contributed by atoms with E-state index in [1.54, 1.807) is 17.9 Å². The highest BCUT2D eigenvalue weighted by molar-refractivity contribution is 5.95. The Kier molecular flexibility index (Phi) is 6.51. The number of likely N-dealkylation sites (tertiary alicyclic amines) is 1. The second-order valence-corrected chi connectivity index (χ2v) is 8.14. The number of rotatable bonds is 6. The number of hydrogen-bond donors (Lipinski definition) is 1. The molecule has 1 saturated heterocycles. The molecule has 0 spiro atoms. The molecular formula is C26H28N2O3. The summed E-state index contributed by atoms with van der Waals surface area (Å²) in [7, 11) is 0. The van der Waals surface area contributed by atoms with E-state index in [2.05, 4.69) is 17.4 Å². The third-order valence-electron chi connectivity index (χ3n) is 5.97. The van der Waals surface area contributed by atoms with Gasteiger partial charge in [0.15, 0.2) is 0 Å². The zero-order valence-corrected chi connectivity index (χ0v) is 17.8. The van der Waals surface area contributed by atoms with Crippen molar-refractivity contribution in [1.29, 1.82) is 0 Å². The van der Waals surface area contributed by atoms with Crippen LogP contribution < -0.4 is 5.32 Å². The summed E-state index contributed by atoms with van der Waals surface area (Å²) in [6.07, 6.45) is 3.85. The van der Waals surface area contributed by atoms with Crippen molar-refractivity contribution in [2.24, 2.45) is 5.92 Å². The third-order valence-corrected chi connectivity index (χ3v) is 5.97. The maximum absolute atomic E-state index is 13.2. The lowest BCUT2D eigenvalue weighted by Gasteiger charge is -2.33. The Bertz CT molecular complexity index is 1010. The van der Waals surface area contributed by atoms with Crippen LogP contribution >= 0.6 is 0 Å². The molecule has 1 N–H and O–H groups in total. The molecule has 3 aromatic rings. The van der Waals surface area contributed by atoms with Gasteiger partial charge in [-0.25, -0.2) is 0 Å². The Labute approximate surface area is 183 Å². The average molecular weight is 417 g/mol. The Morgan fingerprint density at radius 1 is 1.06 bits per heavy atom. The highest BCUT2D eigenvalue weighted by atomic mass is 16.3. The Morgan fingerprint density at radius 3 is 2.45 bits per heavy atom. The fraction of sp³-hybridized carbons (Fsp3) is 0.308. The molecule has 2 amide bonds. The lowest BCUT2D eigenvalue weighted by atomic mass is 9.94. The van der Waals surface area contributed by atoms with Gasteiger partial charge in [0.05, 0.1) is 23.8 Å². The molecule has 1 aliphatic heterocycles. The summed E-state index contributed by atoms with van der Waals surface area (Å²) in [5.74, 6) is 0.342. The van der Waals surface area contributed by atoms with Crippen molar-refractivity contribution in [2.75, 3.05) is 13.1 Å². The lowest BCUT2D eigenvalue weighted by Crippen LogP contribution is -2.46. The fourth-order valence-corrected chi connectivity index (χ4v) is 4.23. The molecular weight excluding hydrogens is 388 g/mol. The molecule has 160 valence electrons. The zero-order chi connectivity index (χ0) is 21.6. The van der Waals surface area contributed by atoms with Gasteiger partial charge in [0, 0.05) is 13.1 Å². The van der Waals surface area contributed by atoms with E-state index >= 15 is 0 Å². The molecule has 0 bridgehead atoms. The van der Waals surface area contributed by atoms with Gasteiger partial charge in [-0.15, -0.1) is 0 Å². The molecule has 31 heavy (non-hydrogen) atoms. The molecule has 0 aliphatic carbocycles. The van der Waals surface area contributed by atoms with Crippen LogP contribution in [0, 0.1) is 12.8 Å². The van der Waals surface area contributed by atoms with Crippen molar-refractivity contribution < 1.29 is 14.0 Å². The van der Waals surface area contributed by atoms with Crippen LogP contribution in [0.5, 0.6) is 0 Å². The predicted octanol–water partition coefficient (Wildman–Crippen LogP) is 4.54. The normalized spacial score (nSPS) is 17.2. The number of carbonyl (C=O) groups excluding carboxylic acids is 2. The minimum atomic E-state index is -0.216. The molecule has 5 heteroatoms. The highest BCUT2D eigenvalue weighted by Gasteiger charge is 2.31. The van der Waals surface area contributed by atoms with Crippen LogP contribution in [0.25, 0.3) is 0 Å². The van der Waals surface area contributed by atoms with Crippen molar-refractivity contribution in [1.82, 2.24) is 10.2 Å². The summed E-state index contributed by atoms with van der Waals surface area (Å²) in [6.45, 7) is 2.89. The minimum Gasteiger partial charge on any atom is -0.469 e. The third kappa shape index (κ3) is 5.05. The van der Waals surface area contributed by atoms with Crippen LogP contribution in [0.4, 0.5) is 0 Å². The van der Waals surface area contributed by atoms with Crippen LogP contribution in [0.15, 0.2) is 77.4 Å². The molecule has 4 rings (SSSR count). The standard InChI is InChI=1S/C26H28N2O3/c1-19-23(14-16-31-19)26(30)28-15-8-13-22(18-28)25(29)27-24(21-11-6-3-7-12-21)17-20-9-4-2-5-10-20/h2-7,9-12,14,16,22,24H,8,13,15,17-18H2,1H3,(H,27,29)/t22-,24-/m1/s1. The molecule has 0 saturated carbocycles. The summed E-state index contributed by atoms with van der Waals surface area (Å²) >= 11 is 0. The van der Waals surface area contributed by atoms with E-state index in [4.69, 9.17) is 4.42 Å². The van der Waals surface area contributed by atoms with Gasteiger partial charge in [-0.2, -0.15) is 0 Å². The first kappa shape index (κ1) is 20.9.